The van der Waals surface area contributed by atoms with Gasteiger partial charge in [0.25, 0.3) is 0 Å². The van der Waals surface area contributed by atoms with Gasteiger partial charge in [-0.05, 0) is 52.9 Å². The second kappa shape index (κ2) is 9.12. The van der Waals surface area contributed by atoms with E-state index in [1.807, 2.05) is 12.1 Å². The van der Waals surface area contributed by atoms with Crippen LogP contribution >= 0.6 is 0 Å². The molecule has 1 heterocycles. The highest BCUT2D eigenvalue weighted by molar-refractivity contribution is 5.66. The molecule has 1 atom stereocenters. The average molecular weight is 427 g/mol. The van der Waals surface area contributed by atoms with Crippen LogP contribution in [0, 0.1) is 0 Å². The molecule has 162 valence electrons. The van der Waals surface area contributed by atoms with E-state index >= 15 is 0 Å². The van der Waals surface area contributed by atoms with Crippen LogP contribution in [0.4, 0.5) is 13.2 Å². The lowest BCUT2D eigenvalue weighted by Gasteiger charge is -2.30. The number of halogens is 3. The van der Waals surface area contributed by atoms with Gasteiger partial charge in [0.2, 0.25) is 0 Å². The molecular formula is C25H24F3NO2. The zero-order valence-corrected chi connectivity index (χ0v) is 17.0. The van der Waals surface area contributed by atoms with Crippen LogP contribution in [0.25, 0.3) is 11.1 Å². The highest BCUT2D eigenvalue weighted by Crippen LogP contribution is 2.33. The first-order valence-corrected chi connectivity index (χ1v) is 10.3. The van der Waals surface area contributed by atoms with Gasteiger partial charge in [-0.1, -0.05) is 48.5 Å². The van der Waals surface area contributed by atoms with E-state index in [1.54, 1.807) is 30.3 Å². The summed E-state index contributed by atoms with van der Waals surface area (Å²) < 4.78 is 44.7. The number of nitrogens with zero attached hydrogens (tertiary/aromatic N) is 1. The van der Waals surface area contributed by atoms with E-state index in [9.17, 15) is 18.3 Å². The molecule has 0 amide bonds. The van der Waals surface area contributed by atoms with Crippen molar-refractivity contribution in [3.05, 3.63) is 89.5 Å². The quantitative estimate of drug-likeness (QED) is 0.589. The zero-order valence-electron chi connectivity index (χ0n) is 17.0. The maximum Gasteiger partial charge on any atom is 0.416 e. The van der Waals surface area contributed by atoms with Gasteiger partial charge in [-0.3, -0.25) is 4.90 Å². The fourth-order valence-electron chi connectivity index (χ4n) is 3.89. The fourth-order valence-corrected chi connectivity index (χ4v) is 3.89. The van der Waals surface area contributed by atoms with Gasteiger partial charge in [0.05, 0.1) is 5.56 Å². The molecule has 3 nitrogen and oxygen atoms in total. The summed E-state index contributed by atoms with van der Waals surface area (Å²) in [4.78, 5) is 2.20. The van der Waals surface area contributed by atoms with Crippen molar-refractivity contribution < 1.29 is 23.0 Å². The Bertz CT molecular complexity index is 1040. The highest BCUT2D eigenvalue weighted by Gasteiger charge is 2.30. The van der Waals surface area contributed by atoms with Crippen LogP contribution in [0.5, 0.6) is 5.75 Å². The first-order chi connectivity index (χ1) is 14.9. The molecule has 0 aliphatic carbocycles. The first-order valence-electron chi connectivity index (χ1n) is 10.3. The molecule has 1 aliphatic heterocycles. The molecule has 0 spiro atoms. The number of hydrogen-bond donors (Lipinski definition) is 1. The molecule has 1 aliphatic rings. The fraction of sp³-hybridized carbons (Fsp3) is 0.280. The van der Waals surface area contributed by atoms with E-state index in [1.165, 1.54) is 17.2 Å². The SMILES string of the molecule is OC(COc1cccc(-c2cccc(C(F)(F)F)c2)c1)CN1CCc2ccccc2C1. The Labute approximate surface area is 179 Å². The monoisotopic (exact) mass is 427 g/mol. The lowest BCUT2D eigenvalue weighted by Crippen LogP contribution is -2.38. The van der Waals surface area contributed by atoms with Crippen molar-refractivity contribution in [2.45, 2.75) is 25.2 Å². The van der Waals surface area contributed by atoms with Crippen molar-refractivity contribution in [2.24, 2.45) is 0 Å². The van der Waals surface area contributed by atoms with Gasteiger partial charge in [0.15, 0.2) is 0 Å². The molecule has 1 unspecified atom stereocenters. The Hall–Kier alpha value is -2.83. The summed E-state index contributed by atoms with van der Waals surface area (Å²) in [6, 6.07) is 20.4. The van der Waals surface area contributed by atoms with Gasteiger partial charge >= 0.3 is 6.18 Å². The zero-order chi connectivity index (χ0) is 21.8. The van der Waals surface area contributed by atoms with Crippen molar-refractivity contribution in [2.75, 3.05) is 19.7 Å². The van der Waals surface area contributed by atoms with Gasteiger partial charge in [0, 0.05) is 19.6 Å². The number of β-amino-alcohol motifs (C(OH)–C–C–N with tert-alkyl or cyclic N) is 1. The summed E-state index contributed by atoms with van der Waals surface area (Å²) in [7, 11) is 0. The van der Waals surface area contributed by atoms with Crippen LogP contribution in [0.15, 0.2) is 72.8 Å². The molecule has 1 N–H and O–H groups in total. The number of aliphatic hydroxyl groups excluding tert-OH is 1. The molecule has 3 aromatic rings. The molecule has 0 bridgehead atoms. The number of benzene rings is 3. The van der Waals surface area contributed by atoms with E-state index in [2.05, 4.69) is 17.0 Å². The first kappa shape index (κ1) is 21.4. The number of hydrogen-bond acceptors (Lipinski definition) is 3. The standard InChI is InChI=1S/C25H24F3NO2/c26-25(27,28)22-9-3-7-19(13-22)20-8-4-10-24(14-20)31-17-23(30)16-29-12-11-18-5-1-2-6-21(18)15-29/h1-10,13-14,23,30H,11-12,15-17H2. The minimum absolute atomic E-state index is 0.115. The van der Waals surface area contributed by atoms with Gasteiger partial charge in [-0.25, -0.2) is 0 Å². The normalized spacial score (nSPS) is 15.4. The second-order valence-corrected chi connectivity index (χ2v) is 7.83. The van der Waals surface area contributed by atoms with Crippen molar-refractivity contribution in [3.8, 4) is 16.9 Å². The molecule has 6 heteroatoms. The average Bonchev–Trinajstić information content (AvgIpc) is 2.77. The van der Waals surface area contributed by atoms with Crippen molar-refractivity contribution in [3.63, 3.8) is 0 Å². The summed E-state index contributed by atoms with van der Waals surface area (Å²) in [5, 5.41) is 10.4. The van der Waals surface area contributed by atoms with E-state index in [4.69, 9.17) is 4.74 Å². The third-order valence-electron chi connectivity index (χ3n) is 5.48. The minimum atomic E-state index is -4.39. The Balaban J connectivity index is 1.35. The van der Waals surface area contributed by atoms with Gasteiger partial charge in [0.1, 0.15) is 18.5 Å². The van der Waals surface area contributed by atoms with E-state index in [0.717, 1.165) is 31.6 Å². The van der Waals surface area contributed by atoms with Gasteiger partial charge in [-0.2, -0.15) is 13.2 Å². The molecule has 0 saturated heterocycles. The summed E-state index contributed by atoms with van der Waals surface area (Å²) in [5.41, 5.74) is 3.06. The van der Waals surface area contributed by atoms with Crippen LogP contribution in [-0.2, 0) is 19.1 Å². The van der Waals surface area contributed by atoms with E-state index in [0.29, 0.717) is 23.4 Å². The Kier molecular flexibility index (Phi) is 6.30. The van der Waals surface area contributed by atoms with Crippen LogP contribution in [0.3, 0.4) is 0 Å². The lowest BCUT2D eigenvalue weighted by molar-refractivity contribution is -0.137. The number of ether oxygens (including phenoxy) is 1. The largest absolute Gasteiger partial charge is 0.491 e. The number of alkyl halides is 3. The summed E-state index contributed by atoms with van der Waals surface area (Å²) in [6.07, 6.45) is -4.09. The molecule has 0 radical (unpaired) electrons. The topological polar surface area (TPSA) is 32.7 Å². The lowest BCUT2D eigenvalue weighted by atomic mass is 10.00. The Morgan fingerprint density at radius 1 is 0.903 bits per heavy atom. The van der Waals surface area contributed by atoms with Crippen molar-refractivity contribution in [1.29, 1.82) is 0 Å². The molecule has 0 fully saturated rings. The van der Waals surface area contributed by atoms with Crippen molar-refractivity contribution in [1.82, 2.24) is 4.90 Å². The third kappa shape index (κ3) is 5.46. The van der Waals surface area contributed by atoms with Gasteiger partial charge in [-0.15, -0.1) is 0 Å². The molecule has 4 rings (SSSR count). The van der Waals surface area contributed by atoms with E-state index < -0.39 is 17.8 Å². The van der Waals surface area contributed by atoms with Gasteiger partial charge < -0.3 is 9.84 Å². The molecular weight excluding hydrogens is 403 g/mol. The third-order valence-corrected chi connectivity index (χ3v) is 5.48. The van der Waals surface area contributed by atoms with Crippen molar-refractivity contribution >= 4 is 0 Å². The highest BCUT2D eigenvalue weighted by atomic mass is 19.4. The second-order valence-electron chi connectivity index (χ2n) is 7.83. The minimum Gasteiger partial charge on any atom is -0.491 e. The van der Waals surface area contributed by atoms with Crippen LogP contribution in [0.1, 0.15) is 16.7 Å². The summed E-state index contributed by atoms with van der Waals surface area (Å²) in [6.45, 7) is 2.31. The summed E-state index contributed by atoms with van der Waals surface area (Å²) in [5.74, 6) is 0.512. The van der Waals surface area contributed by atoms with Crippen LogP contribution in [0.2, 0.25) is 0 Å². The predicted molar refractivity (Wildman–Crippen MR) is 114 cm³/mol. The number of aliphatic hydroxyl groups is 1. The molecule has 0 saturated carbocycles. The molecule has 3 aromatic carbocycles. The smallest absolute Gasteiger partial charge is 0.416 e. The van der Waals surface area contributed by atoms with Crippen LogP contribution < -0.4 is 4.74 Å². The van der Waals surface area contributed by atoms with Crippen LogP contribution in [-0.4, -0.2) is 35.8 Å². The Morgan fingerprint density at radius 2 is 1.61 bits per heavy atom. The predicted octanol–water partition coefficient (Wildman–Crippen LogP) is 5.17. The van der Waals surface area contributed by atoms with E-state index in [-0.39, 0.29) is 6.61 Å². The maximum atomic E-state index is 13.0. The number of fused-ring (bicyclic) bond motifs is 1. The molecule has 0 aromatic heterocycles. The number of rotatable bonds is 6. The summed E-state index contributed by atoms with van der Waals surface area (Å²) >= 11 is 0. The maximum absolute atomic E-state index is 13.0. The molecule has 31 heavy (non-hydrogen) atoms. The Morgan fingerprint density at radius 3 is 2.39 bits per heavy atom.